The van der Waals surface area contributed by atoms with Crippen LogP contribution < -0.4 is 10.1 Å². The lowest BCUT2D eigenvalue weighted by atomic mass is 9.95. The summed E-state index contributed by atoms with van der Waals surface area (Å²) < 4.78 is 24.5. The van der Waals surface area contributed by atoms with Crippen molar-refractivity contribution in [1.82, 2.24) is 9.97 Å². The Labute approximate surface area is 151 Å². The minimum Gasteiger partial charge on any atom is -0.474 e. The van der Waals surface area contributed by atoms with Crippen molar-refractivity contribution < 1.29 is 18.7 Å². The topological polar surface area (TPSA) is 73.3 Å². The van der Waals surface area contributed by atoms with E-state index in [4.69, 9.17) is 9.47 Å². The third-order valence-electron chi connectivity index (χ3n) is 4.49. The van der Waals surface area contributed by atoms with Crippen LogP contribution in [0.4, 0.5) is 10.3 Å². The molecule has 0 aliphatic heterocycles. The maximum Gasteiger partial charge on any atom is 0.258 e. The lowest BCUT2D eigenvalue weighted by Gasteiger charge is -2.28. The fraction of sp³-hybridized carbons (Fsp3) is 0.421. The summed E-state index contributed by atoms with van der Waals surface area (Å²) in [6.07, 6.45) is 5.62. The standard InChI is InChI=1S/C19H22FN3O3/c1-12-10-13(20)6-7-16(12)18(24)23-19-21-9-8-17(22-19)26-15-5-3-4-14(11-15)25-2/h6-10,14-15H,3-5,11H2,1-2H3,(H,21,22,23,24)/t14-,15+/m0/s1. The molecule has 1 aliphatic carbocycles. The first-order valence-electron chi connectivity index (χ1n) is 8.65. The molecule has 26 heavy (non-hydrogen) atoms. The Morgan fingerprint density at radius 2 is 2.08 bits per heavy atom. The number of nitrogens with one attached hydrogen (secondary N) is 1. The van der Waals surface area contributed by atoms with Gasteiger partial charge in [-0.3, -0.25) is 10.1 Å². The maximum absolute atomic E-state index is 13.2. The summed E-state index contributed by atoms with van der Waals surface area (Å²) in [6.45, 7) is 1.67. The summed E-state index contributed by atoms with van der Waals surface area (Å²) in [5.41, 5.74) is 0.916. The van der Waals surface area contributed by atoms with E-state index in [-0.39, 0.29) is 24.0 Å². The second-order valence-electron chi connectivity index (χ2n) is 6.40. The first-order chi connectivity index (χ1) is 12.5. The third-order valence-corrected chi connectivity index (χ3v) is 4.49. The highest BCUT2D eigenvalue weighted by Gasteiger charge is 2.23. The van der Waals surface area contributed by atoms with Gasteiger partial charge in [-0.2, -0.15) is 4.98 Å². The zero-order valence-electron chi connectivity index (χ0n) is 14.9. The number of halogens is 1. The fourth-order valence-electron chi connectivity index (χ4n) is 3.11. The summed E-state index contributed by atoms with van der Waals surface area (Å²) in [6, 6.07) is 5.66. The van der Waals surface area contributed by atoms with Crippen LogP contribution >= 0.6 is 0 Å². The predicted octanol–water partition coefficient (Wildman–Crippen LogP) is 3.51. The maximum atomic E-state index is 13.2. The number of carbonyl (C=O) groups excluding carboxylic acids is 1. The molecule has 7 heteroatoms. The molecule has 1 aliphatic rings. The van der Waals surface area contributed by atoms with Gasteiger partial charge in [0.2, 0.25) is 11.8 Å². The van der Waals surface area contributed by atoms with Crippen LogP contribution in [-0.4, -0.2) is 35.2 Å². The Hall–Kier alpha value is -2.54. The number of hydrogen-bond donors (Lipinski definition) is 1. The van der Waals surface area contributed by atoms with Crippen molar-refractivity contribution >= 4 is 11.9 Å². The second kappa shape index (κ2) is 8.23. The number of carbonyl (C=O) groups is 1. The van der Waals surface area contributed by atoms with E-state index < -0.39 is 5.91 Å². The average Bonchev–Trinajstić information content (AvgIpc) is 2.62. The number of aryl methyl sites for hydroxylation is 1. The van der Waals surface area contributed by atoms with Gasteiger partial charge in [0.25, 0.3) is 5.91 Å². The van der Waals surface area contributed by atoms with Crippen LogP contribution in [0.1, 0.15) is 41.6 Å². The number of amides is 1. The van der Waals surface area contributed by atoms with Crippen LogP contribution in [-0.2, 0) is 4.74 Å². The summed E-state index contributed by atoms with van der Waals surface area (Å²) in [5.74, 6) is -0.215. The van der Waals surface area contributed by atoms with E-state index in [2.05, 4.69) is 15.3 Å². The van der Waals surface area contributed by atoms with Gasteiger partial charge in [0.05, 0.1) is 6.10 Å². The number of aromatic nitrogens is 2. The number of ether oxygens (including phenoxy) is 2. The van der Waals surface area contributed by atoms with Gasteiger partial charge in [-0.25, -0.2) is 9.37 Å². The molecule has 0 bridgehead atoms. The molecule has 1 aromatic carbocycles. The highest BCUT2D eigenvalue weighted by molar-refractivity contribution is 6.04. The van der Waals surface area contributed by atoms with Gasteiger partial charge in [-0.15, -0.1) is 0 Å². The van der Waals surface area contributed by atoms with Crippen molar-refractivity contribution in [2.75, 3.05) is 12.4 Å². The van der Waals surface area contributed by atoms with E-state index in [0.717, 1.165) is 25.7 Å². The molecule has 2 atom stereocenters. The minimum absolute atomic E-state index is 0.0338. The monoisotopic (exact) mass is 359 g/mol. The van der Waals surface area contributed by atoms with Gasteiger partial charge in [0, 0.05) is 31.4 Å². The van der Waals surface area contributed by atoms with Crippen molar-refractivity contribution in [1.29, 1.82) is 0 Å². The largest absolute Gasteiger partial charge is 0.474 e. The van der Waals surface area contributed by atoms with Crippen molar-refractivity contribution in [3.63, 3.8) is 0 Å². The molecule has 3 rings (SSSR count). The van der Waals surface area contributed by atoms with Crippen molar-refractivity contribution in [2.24, 2.45) is 0 Å². The normalized spacial score (nSPS) is 19.8. The Bertz CT molecular complexity index is 784. The highest BCUT2D eigenvalue weighted by Crippen LogP contribution is 2.24. The van der Waals surface area contributed by atoms with Crippen molar-refractivity contribution in [3.8, 4) is 5.88 Å². The highest BCUT2D eigenvalue weighted by atomic mass is 19.1. The Morgan fingerprint density at radius 3 is 2.85 bits per heavy atom. The number of methoxy groups -OCH3 is 1. The van der Waals surface area contributed by atoms with Crippen molar-refractivity contribution in [3.05, 3.63) is 47.4 Å². The van der Waals surface area contributed by atoms with E-state index >= 15 is 0 Å². The average molecular weight is 359 g/mol. The van der Waals surface area contributed by atoms with Gasteiger partial charge >= 0.3 is 0 Å². The smallest absolute Gasteiger partial charge is 0.258 e. The number of hydrogen-bond acceptors (Lipinski definition) is 5. The second-order valence-corrected chi connectivity index (χ2v) is 6.40. The zero-order chi connectivity index (χ0) is 18.5. The van der Waals surface area contributed by atoms with Gasteiger partial charge in [0.15, 0.2) is 0 Å². The van der Waals surface area contributed by atoms with Gasteiger partial charge in [0.1, 0.15) is 11.9 Å². The first kappa shape index (κ1) is 18.3. The Balaban J connectivity index is 1.66. The molecule has 1 N–H and O–H groups in total. The molecule has 0 spiro atoms. The van der Waals surface area contributed by atoms with E-state index in [1.165, 1.54) is 24.4 Å². The van der Waals surface area contributed by atoms with E-state index in [1.54, 1.807) is 20.1 Å². The minimum atomic E-state index is -0.392. The fourth-order valence-corrected chi connectivity index (χ4v) is 3.11. The van der Waals surface area contributed by atoms with Crippen LogP contribution in [0.5, 0.6) is 5.88 Å². The Kier molecular flexibility index (Phi) is 5.78. The molecule has 2 aromatic rings. The van der Waals surface area contributed by atoms with Crippen LogP contribution in [0.2, 0.25) is 0 Å². The number of benzene rings is 1. The van der Waals surface area contributed by atoms with Gasteiger partial charge < -0.3 is 9.47 Å². The van der Waals surface area contributed by atoms with Crippen LogP contribution in [0, 0.1) is 12.7 Å². The summed E-state index contributed by atoms with van der Waals surface area (Å²) in [4.78, 5) is 20.7. The molecule has 1 saturated carbocycles. The molecule has 1 fully saturated rings. The molecule has 1 aromatic heterocycles. The third kappa shape index (κ3) is 4.54. The molecule has 0 saturated heterocycles. The molecular weight excluding hydrogens is 337 g/mol. The number of nitrogens with zero attached hydrogens (tertiary/aromatic N) is 2. The SMILES string of the molecule is CO[C@H]1CCC[C@@H](Oc2ccnc(NC(=O)c3ccc(F)cc3C)n2)C1. The summed E-state index contributed by atoms with van der Waals surface area (Å²) >= 11 is 0. The molecule has 1 amide bonds. The zero-order valence-corrected chi connectivity index (χ0v) is 14.9. The molecule has 6 nitrogen and oxygen atoms in total. The first-order valence-corrected chi connectivity index (χ1v) is 8.65. The lowest BCUT2D eigenvalue weighted by molar-refractivity contribution is 0.0195. The lowest BCUT2D eigenvalue weighted by Crippen LogP contribution is -2.29. The quantitative estimate of drug-likeness (QED) is 0.884. The molecule has 0 unspecified atom stereocenters. The summed E-state index contributed by atoms with van der Waals surface area (Å²) in [7, 11) is 1.71. The number of rotatable bonds is 5. The van der Waals surface area contributed by atoms with Gasteiger partial charge in [-0.1, -0.05) is 0 Å². The Morgan fingerprint density at radius 1 is 1.27 bits per heavy atom. The number of anilines is 1. The molecule has 1 heterocycles. The van der Waals surface area contributed by atoms with Crippen molar-refractivity contribution in [2.45, 2.75) is 44.8 Å². The van der Waals surface area contributed by atoms with Gasteiger partial charge in [-0.05, 0) is 49.9 Å². The molecular formula is C19H22FN3O3. The van der Waals surface area contributed by atoms with E-state index in [0.29, 0.717) is 17.0 Å². The van der Waals surface area contributed by atoms with Crippen LogP contribution in [0.25, 0.3) is 0 Å². The molecule has 138 valence electrons. The van der Waals surface area contributed by atoms with E-state index in [9.17, 15) is 9.18 Å². The van der Waals surface area contributed by atoms with Crippen LogP contribution in [0.15, 0.2) is 30.5 Å². The van der Waals surface area contributed by atoms with E-state index in [1.807, 2.05) is 0 Å². The summed E-state index contributed by atoms with van der Waals surface area (Å²) in [5, 5.41) is 2.63. The molecule has 0 radical (unpaired) electrons. The van der Waals surface area contributed by atoms with Crippen LogP contribution in [0.3, 0.4) is 0 Å². The predicted molar refractivity (Wildman–Crippen MR) is 94.8 cm³/mol.